The summed E-state index contributed by atoms with van der Waals surface area (Å²) < 4.78 is 5.61. The van der Waals surface area contributed by atoms with Gasteiger partial charge in [-0.3, -0.25) is 4.79 Å². The number of rotatable bonds is 3. The van der Waals surface area contributed by atoms with E-state index in [0.717, 1.165) is 48.5 Å². The van der Waals surface area contributed by atoms with Crippen LogP contribution in [0, 0.1) is 5.41 Å². The van der Waals surface area contributed by atoms with Crippen LogP contribution >= 0.6 is 11.6 Å². The molecule has 1 aliphatic heterocycles. The molecule has 5 heteroatoms. The first-order valence-electron chi connectivity index (χ1n) is 8.76. The summed E-state index contributed by atoms with van der Waals surface area (Å²) in [5.74, 6) is -0.0641. The molecule has 4 rings (SSSR count). The first kappa shape index (κ1) is 16.0. The third kappa shape index (κ3) is 2.35. The predicted octanol–water partition coefficient (Wildman–Crippen LogP) is 4.13. The summed E-state index contributed by atoms with van der Waals surface area (Å²) in [5, 5.41) is 5.51. The largest absolute Gasteiger partial charge is 0.462 e. The van der Waals surface area contributed by atoms with Crippen molar-refractivity contribution in [1.82, 2.24) is 10.3 Å². The molecule has 1 saturated carbocycles. The van der Waals surface area contributed by atoms with E-state index in [1.54, 1.807) is 0 Å². The van der Waals surface area contributed by atoms with Crippen LogP contribution in [0.15, 0.2) is 18.2 Å². The van der Waals surface area contributed by atoms with Gasteiger partial charge in [-0.15, -0.1) is 0 Å². The molecule has 2 aliphatic rings. The number of nitrogens with one attached hydrogen (secondary N) is 2. The number of benzene rings is 1. The highest BCUT2D eigenvalue weighted by molar-refractivity contribution is 6.31. The summed E-state index contributed by atoms with van der Waals surface area (Å²) in [7, 11) is 0. The van der Waals surface area contributed by atoms with Crippen molar-refractivity contribution in [2.24, 2.45) is 5.41 Å². The smallest absolute Gasteiger partial charge is 0.314 e. The van der Waals surface area contributed by atoms with Gasteiger partial charge in [-0.1, -0.05) is 18.0 Å². The van der Waals surface area contributed by atoms with E-state index in [9.17, 15) is 4.79 Å². The van der Waals surface area contributed by atoms with Crippen LogP contribution in [0.4, 0.5) is 0 Å². The second kappa shape index (κ2) is 5.78. The zero-order valence-corrected chi connectivity index (χ0v) is 14.9. The van der Waals surface area contributed by atoms with Gasteiger partial charge in [0, 0.05) is 21.6 Å². The van der Waals surface area contributed by atoms with Crippen molar-refractivity contribution in [2.75, 3.05) is 6.54 Å². The molecule has 1 atom stereocenters. The van der Waals surface area contributed by atoms with Crippen LogP contribution in [0.5, 0.6) is 0 Å². The summed E-state index contributed by atoms with van der Waals surface area (Å²) in [4.78, 5) is 16.4. The second-order valence-corrected chi connectivity index (χ2v) is 7.74. The Kier molecular flexibility index (Phi) is 3.85. The number of hydrogen-bond donors (Lipinski definition) is 2. The van der Waals surface area contributed by atoms with Gasteiger partial charge in [0.15, 0.2) is 0 Å². The molecule has 1 aromatic carbocycles. The van der Waals surface area contributed by atoms with Crippen molar-refractivity contribution in [2.45, 2.75) is 51.7 Å². The molecule has 2 aromatic rings. The summed E-state index contributed by atoms with van der Waals surface area (Å²) in [5.41, 5.74) is 3.08. The number of aromatic amines is 1. The maximum atomic E-state index is 12.8. The fraction of sp³-hybridized carbons (Fsp3) is 0.526. The highest BCUT2D eigenvalue weighted by Crippen LogP contribution is 2.53. The minimum absolute atomic E-state index is 0.00701. The van der Waals surface area contributed by atoms with Gasteiger partial charge in [-0.05, 0) is 63.4 Å². The number of halogens is 1. The summed E-state index contributed by atoms with van der Waals surface area (Å²) in [6.07, 6.45) is 3.70. The minimum atomic E-state index is -0.440. The number of fused-ring (bicyclic) bond motifs is 3. The molecule has 0 saturated heterocycles. The topological polar surface area (TPSA) is 54.1 Å². The van der Waals surface area contributed by atoms with E-state index in [2.05, 4.69) is 10.3 Å². The molecule has 1 fully saturated rings. The Morgan fingerprint density at radius 3 is 2.83 bits per heavy atom. The zero-order chi connectivity index (χ0) is 16.9. The molecule has 0 radical (unpaired) electrons. The molecule has 4 nitrogen and oxygen atoms in total. The van der Waals surface area contributed by atoms with Crippen LogP contribution < -0.4 is 5.32 Å². The van der Waals surface area contributed by atoms with E-state index in [4.69, 9.17) is 16.3 Å². The normalized spacial score (nSPS) is 22.2. The van der Waals surface area contributed by atoms with E-state index in [1.165, 1.54) is 10.9 Å². The lowest BCUT2D eigenvalue weighted by Gasteiger charge is -2.47. The number of carbonyl (C=O) groups is 1. The monoisotopic (exact) mass is 346 g/mol. The number of carbonyl (C=O) groups excluding carboxylic acids is 1. The lowest BCUT2D eigenvalue weighted by atomic mass is 9.62. The molecule has 0 spiro atoms. The zero-order valence-electron chi connectivity index (χ0n) is 14.1. The van der Waals surface area contributed by atoms with Gasteiger partial charge < -0.3 is 15.0 Å². The molecule has 1 aromatic heterocycles. The van der Waals surface area contributed by atoms with E-state index >= 15 is 0 Å². The van der Waals surface area contributed by atoms with Crippen molar-refractivity contribution in [3.63, 3.8) is 0 Å². The summed E-state index contributed by atoms with van der Waals surface area (Å²) in [6.45, 7) is 4.69. The Hall–Kier alpha value is -1.52. The Bertz CT molecular complexity index is 792. The second-order valence-electron chi connectivity index (χ2n) is 7.31. The van der Waals surface area contributed by atoms with Crippen LogP contribution in [-0.4, -0.2) is 23.6 Å². The fourth-order valence-corrected chi connectivity index (χ4v) is 4.34. The van der Waals surface area contributed by atoms with Crippen molar-refractivity contribution < 1.29 is 9.53 Å². The van der Waals surface area contributed by atoms with Gasteiger partial charge in [-0.2, -0.15) is 0 Å². The third-order valence-corrected chi connectivity index (χ3v) is 5.70. The van der Waals surface area contributed by atoms with Gasteiger partial charge in [0.1, 0.15) is 0 Å². The quantitative estimate of drug-likeness (QED) is 0.821. The van der Waals surface area contributed by atoms with Crippen molar-refractivity contribution >= 4 is 28.5 Å². The van der Waals surface area contributed by atoms with Crippen molar-refractivity contribution in [3.05, 3.63) is 34.5 Å². The van der Waals surface area contributed by atoms with Gasteiger partial charge in [0.25, 0.3) is 0 Å². The molecule has 1 aliphatic carbocycles. The molecule has 0 amide bonds. The number of aromatic nitrogens is 1. The molecule has 24 heavy (non-hydrogen) atoms. The van der Waals surface area contributed by atoms with E-state index in [0.29, 0.717) is 0 Å². The maximum Gasteiger partial charge on any atom is 0.314 e. The number of esters is 1. The highest BCUT2D eigenvalue weighted by Gasteiger charge is 2.54. The fourth-order valence-electron chi connectivity index (χ4n) is 4.17. The average molecular weight is 347 g/mol. The van der Waals surface area contributed by atoms with E-state index < -0.39 is 5.41 Å². The average Bonchev–Trinajstić information content (AvgIpc) is 2.84. The molecular weight excluding hydrogens is 324 g/mol. The lowest BCUT2D eigenvalue weighted by molar-refractivity contribution is -0.169. The SMILES string of the molecule is CC(C)OC(=O)C1(C2NCCc3c2[nH]c2ccc(Cl)cc32)CCC1. The van der Waals surface area contributed by atoms with Gasteiger partial charge in [0.05, 0.1) is 17.6 Å². The Balaban J connectivity index is 1.78. The Morgan fingerprint density at radius 1 is 1.38 bits per heavy atom. The van der Waals surface area contributed by atoms with Gasteiger partial charge in [0.2, 0.25) is 0 Å². The summed E-state index contributed by atoms with van der Waals surface area (Å²) >= 11 is 6.19. The maximum absolute atomic E-state index is 12.8. The number of hydrogen-bond acceptors (Lipinski definition) is 3. The molecule has 2 heterocycles. The van der Waals surface area contributed by atoms with Crippen LogP contribution in [0.1, 0.15) is 50.4 Å². The van der Waals surface area contributed by atoms with Crippen LogP contribution in [0.2, 0.25) is 5.02 Å². The summed E-state index contributed by atoms with van der Waals surface area (Å²) in [6, 6.07) is 5.94. The first-order chi connectivity index (χ1) is 11.5. The van der Waals surface area contributed by atoms with Gasteiger partial charge in [-0.25, -0.2) is 0 Å². The van der Waals surface area contributed by atoms with Crippen LogP contribution in [-0.2, 0) is 16.0 Å². The van der Waals surface area contributed by atoms with Crippen molar-refractivity contribution in [3.8, 4) is 0 Å². The molecular formula is C19H23ClN2O2. The standard InChI is InChI=1S/C19H23ClN2O2/c1-11(2)24-18(23)19(7-3-8-19)17-16-13(6-9-21-17)14-10-12(20)4-5-15(14)22-16/h4-5,10-11,17,21-22H,3,6-9H2,1-2H3. The number of ether oxygens (including phenoxy) is 1. The predicted molar refractivity (Wildman–Crippen MR) is 95.3 cm³/mol. The molecule has 1 unspecified atom stereocenters. The lowest BCUT2D eigenvalue weighted by Crippen LogP contribution is -2.52. The highest BCUT2D eigenvalue weighted by atomic mass is 35.5. The third-order valence-electron chi connectivity index (χ3n) is 5.46. The first-order valence-corrected chi connectivity index (χ1v) is 9.13. The Labute approximate surface area is 146 Å². The van der Waals surface area contributed by atoms with Crippen LogP contribution in [0.25, 0.3) is 10.9 Å². The van der Waals surface area contributed by atoms with Crippen molar-refractivity contribution in [1.29, 1.82) is 0 Å². The van der Waals surface area contributed by atoms with Gasteiger partial charge >= 0.3 is 5.97 Å². The molecule has 0 bridgehead atoms. The van der Waals surface area contributed by atoms with Crippen LogP contribution in [0.3, 0.4) is 0 Å². The van der Waals surface area contributed by atoms with E-state index in [-0.39, 0.29) is 18.1 Å². The molecule has 128 valence electrons. The number of H-pyrrole nitrogens is 1. The Morgan fingerprint density at radius 2 is 2.17 bits per heavy atom. The minimum Gasteiger partial charge on any atom is -0.462 e. The molecule has 2 N–H and O–H groups in total. The van der Waals surface area contributed by atoms with E-state index in [1.807, 2.05) is 32.0 Å².